The van der Waals surface area contributed by atoms with Gasteiger partial charge in [-0.25, -0.2) is 0 Å². The zero-order valence-electron chi connectivity index (χ0n) is 13.3. The van der Waals surface area contributed by atoms with Crippen molar-refractivity contribution in [2.45, 2.75) is 38.1 Å². The highest BCUT2D eigenvalue weighted by molar-refractivity contribution is 6.31. The van der Waals surface area contributed by atoms with Gasteiger partial charge in [0, 0.05) is 31.0 Å². The fourth-order valence-electron chi connectivity index (χ4n) is 3.10. The van der Waals surface area contributed by atoms with Gasteiger partial charge in [-0.2, -0.15) is 0 Å². The van der Waals surface area contributed by atoms with Crippen LogP contribution in [0.3, 0.4) is 0 Å². The standard InChI is InChI=1S/C17H20ClNO4/c1-12(20)23-11-16(22)19(2)17(10-6-5-9-15(17)21)13-7-3-4-8-14(13)18/h3-4,7-8H,5-6,9-11H2,1-2H3/t17-/m0/s1. The molecule has 5 nitrogen and oxygen atoms in total. The molecule has 0 N–H and O–H groups in total. The third-order valence-corrected chi connectivity index (χ3v) is 4.65. The average Bonchev–Trinajstić information content (AvgIpc) is 2.53. The zero-order valence-corrected chi connectivity index (χ0v) is 14.1. The third-order valence-electron chi connectivity index (χ3n) is 4.32. The molecule has 1 aromatic rings. The van der Waals surface area contributed by atoms with Gasteiger partial charge in [-0.15, -0.1) is 0 Å². The number of rotatable bonds is 4. The smallest absolute Gasteiger partial charge is 0.303 e. The van der Waals surface area contributed by atoms with Crippen LogP contribution in [0.25, 0.3) is 0 Å². The van der Waals surface area contributed by atoms with Gasteiger partial charge >= 0.3 is 5.97 Å². The van der Waals surface area contributed by atoms with Gasteiger partial charge in [-0.3, -0.25) is 14.4 Å². The Kier molecular flexibility index (Phi) is 5.42. The SMILES string of the molecule is CC(=O)OCC(=O)N(C)[C@]1(c2ccccc2Cl)CCCCC1=O. The summed E-state index contributed by atoms with van der Waals surface area (Å²) in [5.74, 6) is -0.987. The Morgan fingerprint density at radius 2 is 2.00 bits per heavy atom. The van der Waals surface area contributed by atoms with Crippen LogP contribution in [-0.2, 0) is 24.7 Å². The Hall–Kier alpha value is -1.88. The van der Waals surface area contributed by atoms with Crippen molar-refractivity contribution in [3.8, 4) is 0 Å². The van der Waals surface area contributed by atoms with E-state index in [0.29, 0.717) is 23.4 Å². The fourth-order valence-corrected chi connectivity index (χ4v) is 3.39. The van der Waals surface area contributed by atoms with Crippen LogP contribution in [0.15, 0.2) is 24.3 Å². The van der Waals surface area contributed by atoms with E-state index in [4.69, 9.17) is 16.3 Å². The Bertz CT molecular complexity index is 631. The molecular weight excluding hydrogens is 318 g/mol. The predicted octanol–water partition coefficient (Wildman–Crippen LogP) is 2.70. The van der Waals surface area contributed by atoms with Crippen LogP contribution in [0.5, 0.6) is 0 Å². The number of Topliss-reactive ketones (excluding diaryl/α,β-unsaturated/α-hetero) is 1. The average molecular weight is 338 g/mol. The first-order chi connectivity index (χ1) is 10.9. The lowest BCUT2D eigenvalue weighted by Gasteiger charge is -2.43. The molecule has 1 aliphatic rings. The first kappa shape index (κ1) is 17.5. The number of amides is 1. The Morgan fingerprint density at radius 3 is 2.61 bits per heavy atom. The molecule has 1 aliphatic carbocycles. The largest absolute Gasteiger partial charge is 0.456 e. The van der Waals surface area contributed by atoms with Crippen LogP contribution in [-0.4, -0.2) is 36.2 Å². The maximum Gasteiger partial charge on any atom is 0.303 e. The third kappa shape index (κ3) is 3.39. The molecule has 23 heavy (non-hydrogen) atoms. The van der Waals surface area contributed by atoms with Crippen molar-refractivity contribution < 1.29 is 19.1 Å². The van der Waals surface area contributed by atoms with Crippen molar-refractivity contribution in [3.63, 3.8) is 0 Å². The van der Waals surface area contributed by atoms with E-state index >= 15 is 0 Å². The number of ketones is 1. The van der Waals surface area contributed by atoms with Gasteiger partial charge in [-0.05, 0) is 25.3 Å². The molecule has 124 valence electrons. The molecule has 0 spiro atoms. The minimum Gasteiger partial charge on any atom is -0.456 e. The van der Waals surface area contributed by atoms with Gasteiger partial charge in [0.15, 0.2) is 12.4 Å². The van der Waals surface area contributed by atoms with Gasteiger partial charge in [-0.1, -0.05) is 29.8 Å². The first-order valence-corrected chi connectivity index (χ1v) is 7.95. The number of hydrogen-bond acceptors (Lipinski definition) is 4. The molecule has 1 amide bonds. The summed E-state index contributed by atoms with van der Waals surface area (Å²) in [4.78, 5) is 37.6. The number of carbonyl (C=O) groups is 3. The second kappa shape index (κ2) is 7.13. The molecule has 1 saturated carbocycles. The lowest BCUT2D eigenvalue weighted by molar-refractivity contribution is -0.156. The van der Waals surface area contributed by atoms with E-state index in [1.165, 1.54) is 11.8 Å². The van der Waals surface area contributed by atoms with Gasteiger partial charge < -0.3 is 9.64 Å². The number of likely N-dealkylation sites (N-methyl/N-ethyl adjacent to an activating group) is 1. The molecule has 1 atom stereocenters. The second-order valence-corrected chi connectivity index (χ2v) is 6.11. The highest BCUT2D eigenvalue weighted by Gasteiger charge is 2.47. The van der Waals surface area contributed by atoms with Crippen molar-refractivity contribution in [1.29, 1.82) is 0 Å². The van der Waals surface area contributed by atoms with Crippen molar-refractivity contribution in [1.82, 2.24) is 4.90 Å². The summed E-state index contributed by atoms with van der Waals surface area (Å²) < 4.78 is 4.79. The van der Waals surface area contributed by atoms with Crippen LogP contribution in [0, 0.1) is 0 Å². The van der Waals surface area contributed by atoms with Crippen molar-refractivity contribution in [3.05, 3.63) is 34.9 Å². The molecule has 2 rings (SSSR count). The summed E-state index contributed by atoms with van der Waals surface area (Å²) in [6.45, 7) is 0.855. The Balaban J connectivity index is 2.42. The Labute approximate surface area is 140 Å². The van der Waals surface area contributed by atoms with Crippen LogP contribution in [0.2, 0.25) is 5.02 Å². The minimum absolute atomic E-state index is 0.0319. The topological polar surface area (TPSA) is 63.7 Å². The minimum atomic E-state index is -1.09. The summed E-state index contributed by atoms with van der Waals surface area (Å²) in [6, 6.07) is 7.08. The van der Waals surface area contributed by atoms with E-state index < -0.39 is 17.4 Å². The highest BCUT2D eigenvalue weighted by atomic mass is 35.5. The number of ether oxygens (including phenoxy) is 1. The first-order valence-electron chi connectivity index (χ1n) is 7.58. The van der Waals surface area contributed by atoms with E-state index in [-0.39, 0.29) is 12.4 Å². The zero-order chi connectivity index (χ0) is 17.0. The molecule has 0 saturated heterocycles. The van der Waals surface area contributed by atoms with Gasteiger partial charge in [0.05, 0.1) is 0 Å². The summed E-state index contributed by atoms with van der Waals surface area (Å²) >= 11 is 6.31. The quantitative estimate of drug-likeness (QED) is 0.792. The summed E-state index contributed by atoms with van der Waals surface area (Å²) in [6.07, 6.45) is 2.54. The van der Waals surface area contributed by atoms with E-state index in [9.17, 15) is 14.4 Å². The summed E-state index contributed by atoms with van der Waals surface area (Å²) in [5, 5.41) is 0.454. The van der Waals surface area contributed by atoms with E-state index in [1.54, 1.807) is 31.3 Å². The van der Waals surface area contributed by atoms with Crippen LogP contribution in [0.4, 0.5) is 0 Å². The molecule has 0 heterocycles. The van der Waals surface area contributed by atoms with Gasteiger partial charge in [0.25, 0.3) is 5.91 Å². The molecule has 0 bridgehead atoms. The second-order valence-electron chi connectivity index (χ2n) is 5.70. The number of halogens is 1. The van der Waals surface area contributed by atoms with Gasteiger partial charge in [0.1, 0.15) is 5.54 Å². The molecule has 0 aliphatic heterocycles. The monoisotopic (exact) mass is 337 g/mol. The number of nitrogens with zero attached hydrogens (tertiary/aromatic N) is 1. The molecule has 0 unspecified atom stereocenters. The molecule has 1 aromatic carbocycles. The van der Waals surface area contributed by atoms with E-state index in [0.717, 1.165) is 12.8 Å². The summed E-state index contributed by atoms with van der Waals surface area (Å²) in [5.41, 5.74) is -0.460. The van der Waals surface area contributed by atoms with Crippen molar-refractivity contribution in [2.24, 2.45) is 0 Å². The molecular formula is C17H20ClNO4. The van der Waals surface area contributed by atoms with Crippen molar-refractivity contribution in [2.75, 3.05) is 13.7 Å². The molecule has 6 heteroatoms. The van der Waals surface area contributed by atoms with Crippen molar-refractivity contribution >= 4 is 29.3 Å². The normalized spacial score (nSPS) is 20.9. The van der Waals surface area contributed by atoms with Gasteiger partial charge in [0.2, 0.25) is 0 Å². The summed E-state index contributed by atoms with van der Waals surface area (Å²) in [7, 11) is 1.57. The molecule has 0 radical (unpaired) electrons. The fraction of sp³-hybridized carbons (Fsp3) is 0.471. The van der Waals surface area contributed by atoms with Crippen LogP contribution in [0.1, 0.15) is 38.2 Å². The number of esters is 1. The maximum atomic E-state index is 12.8. The highest BCUT2D eigenvalue weighted by Crippen LogP contribution is 2.42. The molecule has 0 aromatic heterocycles. The maximum absolute atomic E-state index is 12.8. The van der Waals surface area contributed by atoms with E-state index in [1.807, 2.05) is 0 Å². The van der Waals surface area contributed by atoms with Crippen LogP contribution < -0.4 is 0 Å². The van der Waals surface area contributed by atoms with E-state index in [2.05, 4.69) is 0 Å². The number of hydrogen-bond donors (Lipinski definition) is 0. The van der Waals surface area contributed by atoms with Crippen LogP contribution >= 0.6 is 11.6 Å². The number of benzene rings is 1. The molecule has 1 fully saturated rings. The lowest BCUT2D eigenvalue weighted by Crippen LogP contribution is -2.55. The Morgan fingerprint density at radius 1 is 1.30 bits per heavy atom. The predicted molar refractivity (Wildman–Crippen MR) is 86.0 cm³/mol. The number of carbonyl (C=O) groups excluding carboxylic acids is 3. The lowest BCUT2D eigenvalue weighted by atomic mass is 9.74.